The minimum absolute atomic E-state index is 0.137. The van der Waals surface area contributed by atoms with E-state index in [1.807, 2.05) is 0 Å². The Morgan fingerprint density at radius 3 is 2.69 bits per heavy atom. The van der Waals surface area contributed by atoms with Crippen molar-refractivity contribution in [2.24, 2.45) is 0 Å². The van der Waals surface area contributed by atoms with Gasteiger partial charge < -0.3 is 19.3 Å². The van der Waals surface area contributed by atoms with E-state index < -0.39 is 6.10 Å². The first-order valence-electron chi connectivity index (χ1n) is 4.89. The van der Waals surface area contributed by atoms with Crippen molar-refractivity contribution in [3.63, 3.8) is 0 Å². The minimum Gasteiger partial charge on any atom is -0.480 e. The summed E-state index contributed by atoms with van der Waals surface area (Å²) in [6.07, 6.45) is 2.15. The third-order valence-electron chi connectivity index (χ3n) is 1.91. The molecule has 1 atom stereocenters. The second-order valence-corrected chi connectivity index (χ2v) is 3.03. The van der Waals surface area contributed by atoms with Crippen LogP contribution in [0.25, 0.3) is 0 Å². The maximum absolute atomic E-state index is 9.78. The zero-order chi connectivity index (χ0) is 11.8. The molecule has 1 aromatic rings. The lowest BCUT2D eigenvalue weighted by Crippen LogP contribution is -2.13. The summed E-state index contributed by atoms with van der Waals surface area (Å²) in [6.45, 7) is 1.05. The summed E-state index contributed by atoms with van der Waals surface area (Å²) in [7, 11) is 3.07. The van der Waals surface area contributed by atoms with Crippen LogP contribution in [0.5, 0.6) is 5.88 Å². The average molecular weight is 228 g/mol. The Bertz CT molecular complexity index is 309. The Kier molecular flexibility index (Phi) is 5.69. The van der Waals surface area contributed by atoms with Crippen molar-refractivity contribution in [1.29, 1.82) is 0 Å². The van der Waals surface area contributed by atoms with Crippen LogP contribution in [0.4, 0.5) is 0 Å². The summed E-state index contributed by atoms with van der Waals surface area (Å²) in [4.78, 5) is 7.94. The molecule has 1 rings (SSSR count). The van der Waals surface area contributed by atoms with Crippen molar-refractivity contribution < 1.29 is 19.3 Å². The molecule has 0 bridgehead atoms. The van der Waals surface area contributed by atoms with Gasteiger partial charge in [0.15, 0.2) is 0 Å². The summed E-state index contributed by atoms with van der Waals surface area (Å²) >= 11 is 0. The lowest BCUT2D eigenvalue weighted by molar-refractivity contribution is 0.00994. The number of hydrogen-bond acceptors (Lipinski definition) is 6. The molecule has 16 heavy (non-hydrogen) atoms. The van der Waals surface area contributed by atoms with Crippen LogP contribution in [0.2, 0.25) is 0 Å². The lowest BCUT2D eigenvalue weighted by atomic mass is 10.2. The van der Waals surface area contributed by atoms with Gasteiger partial charge in [0.05, 0.1) is 26.9 Å². The fraction of sp³-hybridized carbons (Fsp3) is 0.600. The second kappa shape index (κ2) is 7.10. The van der Waals surface area contributed by atoms with E-state index in [2.05, 4.69) is 9.97 Å². The summed E-state index contributed by atoms with van der Waals surface area (Å²) < 4.78 is 15.0. The van der Waals surface area contributed by atoms with Gasteiger partial charge in [-0.3, -0.25) is 4.98 Å². The molecule has 0 radical (unpaired) electrons. The molecule has 1 heterocycles. The first kappa shape index (κ1) is 12.8. The number of hydrogen-bond donors (Lipinski definition) is 1. The topological polar surface area (TPSA) is 73.7 Å². The highest BCUT2D eigenvalue weighted by atomic mass is 16.5. The van der Waals surface area contributed by atoms with E-state index in [4.69, 9.17) is 14.2 Å². The minimum atomic E-state index is -0.847. The first-order valence-corrected chi connectivity index (χ1v) is 4.89. The van der Waals surface area contributed by atoms with Crippen molar-refractivity contribution in [2.75, 3.05) is 34.0 Å². The van der Waals surface area contributed by atoms with Gasteiger partial charge in [0, 0.05) is 19.5 Å². The standard InChI is InChI=1S/C10H16N2O4/c1-14-5-6-16-7-8(13)9-10(15-2)12-4-3-11-9/h3-4,8,13H,5-7H2,1-2H3. The van der Waals surface area contributed by atoms with Crippen LogP contribution in [-0.2, 0) is 9.47 Å². The molecule has 6 nitrogen and oxygen atoms in total. The van der Waals surface area contributed by atoms with E-state index in [9.17, 15) is 5.11 Å². The first-order chi connectivity index (χ1) is 7.79. The van der Waals surface area contributed by atoms with Crippen molar-refractivity contribution in [1.82, 2.24) is 9.97 Å². The molecule has 0 spiro atoms. The van der Waals surface area contributed by atoms with Crippen LogP contribution in [0, 0.1) is 0 Å². The van der Waals surface area contributed by atoms with Crippen LogP contribution in [0.15, 0.2) is 12.4 Å². The van der Waals surface area contributed by atoms with Gasteiger partial charge in [0.25, 0.3) is 0 Å². The Morgan fingerprint density at radius 2 is 2.00 bits per heavy atom. The molecule has 0 fully saturated rings. The number of aliphatic hydroxyl groups is 1. The van der Waals surface area contributed by atoms with E-state index in [0.717, 1.165) is 0 Å². The van der Waals surface area contributed by atoms with Gasteiger partial charge in [-0.15, -0.1) is 0 Å². The summed E-state index contributed by atoms with van der Waals surface area (Å²) in [5.74, 6) is 0.311. The summed E-state index contributed by atoms with van der Waals surface area (Å²) in [6, 6.07) is 0. The van der Waals surface area contributed by atoms with E-state index in [0.29, 0.717) is 24.8 Å². The summed E-state index contributed by atoms with van der Waals surface area (Å²) in [5.41, 5.74) is 0.377. The number of aliphatic hydroxyl groups excluding tert-OH is 1. The van der Waals surface area contributed by atoms with Gasteiger partial charge in [-0.1, -0.05) is 0 Å². The Morgan fingerprint density at radius 1 is 1.25 bits per heavy atom. The largest absolute Gasteiger partial charge is 0.480 e. The molecule has 1 unspecified atom stereocenters. The normalized spacial score (nSPS) is 12.4. The van der Waals surface area contributed by atoms with Gasteiger partial charge in [0.2, 0.25) is 5.88 Å². The van der Waals surface area contributed by atoms with Crippen LogP contribution in [0.3, 0.4) is 0 Å². The highest BCUT2D eigenvalue weighted by Crippen LogP contribution is 2.19. The molecule has 0 saturated carbocycles. The van der Waals surface area contributed by atoms with E-state index >= 15 is 0 Å². The predicted molar refractivity (Wildman–Crippen MR) is 56.2 cm³/mol. The van der Waals surface area contributed by atoms with E-state index in [1.54, 1.807) is 7.11 Å². The molecule has 0 aromatic carbocycles. The maximum Gasteiger partial charge on any atom is 0.238 e. The highest BCUT2D eigenvalue weighted by Gasteiger charge is 2.15. The molecular formula is C10H16N2O4. The third-order valence-corrected chi connectivity index (χ3v) is 1.91. The second-order valence-electron chi connectivity index (χ2n) is 3.03. The third kappa shape index (κ3) is 3.73. The molecule has 1 aromatic heterocycles. The maximum atomic E-state index is 9.78. The molecule has 6 heteroatoms. The summed E-state index contributed by atoms with van der Waals surface area (Å²) in [5, 5.41) is 9.78. The number of aromatic nitrogens is 2. The number of methoxy groups -OCH3 is 2. The molecule has 1 N–H and O–H groups in total. The van der Waals surface area contributed by atoms with Crippen LogP contribution < -0.4 is 4.74 Å². The smallest absolute Gasteiger partial charge is 0.238 e. The van der Waals surface area contributed by atoms with Gasteiger partial charge in [-0.25, -0.2) is 4.98 Å². The van der Waals surface area contributed by atoms with Crippen molar-refractivity contribution in [3.05, 3.63) is 18.1 Å². The Labute approximate surface area is 94.2 Å². The fourth-order valence-corrected chi connectivity index (χ4v) is 1.14. The van der Waals surface area contributed by atoms with Crippen molar-refractivity contribution >= 4 is 0 Å². The van der Waals surface area contributed by atoms with Gasteiger partial charge in [-0.05, 0) is 0 Å². The molecule has 90 valence electrons. The predicted octanol–water partition coefficient (Wildman–Crippen LogP) is 0.182. The molecule has 0 aliphatic rings. The van der Waals surface area contributed by atoms with Gasteiger partial charge in [0.1, 0.15) is 11.8 Å². The lowest BCUT2D eigenvalue weighted by Gasteiger charge is -2.12. The molecule has 0 aliphatic heterocycles. The van der Waals surface area contributed by atoms with E-state index in [-0.39, 0.29) is 6.61 Å². The fourth-order valence-electron chi connectivity index (χ4n) is 1.14. The number of ether oxygens (including phenoxy) is 3. The van der Waals surface area contributed by atoms with Crippen LogP contribution in [0.1, 0.15) is 11.8 Å². The molecule has 0 amide bonds. The zero-order valence-corrected chi connectivity index (χ0v) is 9.42. The molecule has 0 aliphatic carbocycles. The van der Waals surface area contributed by atoms with Gasteiger partial charge >= 0.3 is 0 Å². The van der Waals surface area contributed by atoms with Crippen molar-refractivity contribution in [2.45, 2.75) is 6.10 Å². The Balaban J connectivity index is 2.48. The number of rotatable bonds is 7. The monoisotopic (exact) mass is 228 g/mol. The van der Waals surface area contributed by atoms with E-state index in [1.165, 1.54) is 19.5 Å². The van der Waals surface area contributed by atoms with Gasteiger partial charge in [-0.2, -0.15) is 0 Å². The SMILES string of the molecule is COCCOCC(O)c1nccnc1OC. The average Bonchev–Trinajstić information content (AvgIpc) is 2.34. The Hall–Kier alpha value is -1.24. The quantitative estimate of drug-likeness (QED) is 0.671. The highest BCUT2D eigenvalue weighted by molar-refractivity contribution is 5.19. The molecule has 0 saturated heterocycles. The van der Waals surface area contributed by atoms with Crippen LogP contribution >= 0.6 is 0 Å². The van der Waals surface area contributed by atoms with Crippen molar-refractivity contribution in [3.8, 4) is 5.88 Å². The zero-order valence-electron chi connectivity index (χ0n) is 9.42. The number of nitrogens with zero attached hydrogens (tertiary/aromatic N) is 2. The molecular weight excluding hydrogens is 212 g/mol. The van der Waals surface area contributed by atoms with Crippen LogP contribution in [-0.4, -0.2) is 49.1 Å².